The van der Waals surface area contributed by atoms with Gasteiger partial charge in [-0.15, -0.1) is 0 Å². The van der Waals surface area contributed by atoms with Gasteiger partial charge in [-0.3, -0.25) is 0 Å². The van der Waals surface area contributed by atoms with E-state index in [0.29, 0.717) is 6.04 Å². The Labute approximate surface area is 96.0 Å². The number of hydrogen-bond acceptors (Lipinski definition) is 2. The number of benzene rings is 1. The molecule has 1 unspecified atom stereocenters. The molecule has 0 amide bonds. The fourth-order valence-corrected chi connectivity index (χ4v) is 2.09. The Bertz CT molecular complexity index is 338. The van der Waals surface area contributed by atoms with Crippen LogP contribution in [0.4, 0.5) is 11.4 Å². The lowest BCUT2D eigenvalue weighted by Gasteiger charge is -2.28. The summed E-state index contributed by atoms with van der Waals surface area (Å²) in [5.41, 5.74) is 2.29. The van der Waals surface area contributed by atoms with Crippen LogP contribution in [0.5, 0.6) is 0 Å². The molecule has 0 saturated carbocycles. The van der Waals surface area contributed by atoms with E-state index in [9.17, 15) is 0 Å². The van der Waals surface area contributed by atoms with Crippen LogP contribution >= 0.6 is 11.6 Å². The van der Waals surface area contributed by atoms with Gasteiger partial charge in [-0.05, 0) is 24.6 Å². The van der Waals surface area contributed by atoms with Crippen molar-refractivity contribution in [2.24, 2.45) is 0 Å². The van der Waals surface area contributed by atoms with Crippen molar-refractivity contribution in [1.82, 2.24) is 0 Å². The highest BCUT2D eigenvalue weighted by molar-refractivity contribution is 6.31. The van der Waals surface area contributed by atoms with E-state index < -0.39 is 0 Å². The van der Waals surface area contributed by atoms with E-state index in [1.165, 1.54) is 19.3 Å². The van der Waals surface area contributed by atoms with Crippen LogP contribution in [-0.4, -0.2) is 12.6 Å². The molecule has 0 spiro atoms. The van der Waals surface area contributed by atoms with E-state index in [4.69, 9.17) is 11.6 Å². The second-order valence-corrected chi connectivity index (χ2v) is 4.49. The smallest absolute Gasteiger partial charge is 0.0593 e. The minimum Gasteiger partial charge on any atom is -0.381 e. The first kappa shape index (κ1) is 10.6. The summed E-state index contributed by atoms with van der Waals surface area (Å²) in [5, 5.41) is 7.74. The number of nitrogens with one attached hydrogen (secondary N) is 2. The van der Waals surface area contributed by atoms with Crippen LogP contribution < -0.4 is 10.6 Å². The van der Waals surface area contributed by atoms with Gasteiger partial charge in [-0.25, -0.2) is 0 Å². The Morgan fingerprint density at radius 1 is 1.40 bits per heavy atom. The van der Waals surface area contributed by atoms with Gasteiger partial charge in [0.25, 0.3) is 0 Å². The van der Waals surface area contributed by atoms with E-state index >= 15 is 0 Å². The highest BCUT2D eigenvalue weighted by Crippen LogP contribution is 2.29. The summed E-state index contributed by atoms with van der Waals surface area (Å²) in [6, 6.07) is 6.47. The highest BCUT2D eigenvalue weighted by Gasteiger charge is 2.16. The summed E-state index contributed by atoms with van der Waals surface area (Å²) in [6.07, 6.45) is 3.74. The van der Waals surface area contributed by atoms with Gasteiger partial charge < -0.3 is 10.6 Å². The number of hydrogen-bond donors (Lipinski definition) is 2. The molecule has 0 aromatic heterocycles. The standard InChI is InChI=1S/C12H17ClN2/c1-2-3-4-10-8-14-11-6-5-9(13)7-12(11)15-10/h5-7,10,14-15H,2-4,8H2,1H3. The van der Waals surface area contributed by atoms with Crippen molar-refractivity contribution in [3.63, 3.8) is 0 Å². The van der Waals surface area contributed by atoms with Crippen LogP contribution in [0.15, 0.2) is 18.2 Å². The van der Waals surface area contributed by atoms with Gasteiger partial charge in [0.1, 0.15) is 0 Å². The third kappa shape index (κ3) is 2.57. The molecule has 3 heteroatoms. The molecular formula is C12H17ClN2. The number of fused-ring (bicyclic) bond motifs is 1. The maximum atomic E-state index is 5.96. The first-order chi connectivity index (χ1) is 7.29. The molecule has 1 atom stereocenters. The predicted molar refractivity (Wildman–Crippen MR) is 66.9 cm³/mol. The second-order valence-electron chi connectivity index (χ2n) is 4.05. The highest BCUT2D eigenvalue weighted by atomic mass is 35.5. The topological polar surface area (TPSA) is 24.1 Å². The molecule has 82 valence electrons. The van der Waals surface area contributed by atoms with Crippen molar-refractivity contribution in [1.29, 1.82) is 0 Å². The van der Waals surface area contributed by atoms with Gasteiger partial charge >= 0.3 is 0 Å². The Morgan fingerprint density at radius 2 is 2.27 bits per heavy atom. The second kappa shape index (κ2) is 4.75. The van der Waals surface area contributed by atoms with E-state index in [1.807, 2.05) is 18.2 Å². The first-order valence-electron chi connectivity index (χ1n) is 5.59. The van der Waals surface area contributed by atoms with Gasteiger partial charge in [0.05, 0.1) is 11.4 Å². The zero-order chi connectivity index (χ0) is 10.7. The molecule has 1 aromatic carbocycles. The molecule has 1 heterocycles. The molecule has 0 radical (unpaired) electrons. The Morgan fingerprint density at radius 3 is 3.07 bits per heavy atom. The molecule has 0 saturated heterocycles. The summed E-state index contributed by atoms with van der Waals surface area (Å²) < 4.78 is 0. The molecule has 1 aromatic rings. The Kier molecular flexibility index (Phi) is 3.37. The predicted octanol–water partition coefficient (Wildman–Crippen LogP) is 3.74. The van der Waals surface area contributed by atoms with E-state index in [2.05, 4.69) is 17.6 Å². The third-order valence-electron chi connectivity index (χ3n) is 2.79. The van der Waals surface area contributed by atoms with Crippen LogP contribution in [0, 0.1) is 0 Å². The average molecular weight is 225 g/mol. The van der Waals surface area contributed by atoms with Crippen molar-refractivity contribution >= 4 is 23.0 Å². The van der Waals surface area contributed by atoms with Crippen LogP contribution in [0.1, 0.15) is 26.2 Å². The summed E-state index contributed by atoms with van der Waals surface area (Å²) in [6.45, 7) is 3.23. The largest absolute Gasteiger partial charge is 0.381 e. The molecule has 0 fully saturated rings. The number of halogens is 1. The normalized spacial score (nSPS) is 18.9. The molecule has 2 rings (SSSR count). The number of anilines is 2. The van der Waals surface area contributed by atoms with Gasteiger partial charge in [-0.1, -0.05) is 31.4 Å². The molecule has 0 aliphatic carbocycles. The van der Waals surface area contributed by atoms with Crippen LogP contribution in [0.25, 0.3) is 0 Å². The lowest BCUT2D eigenvalue weighted by molar-refractivity contribution is 0.620. The van der Waals surface area contributed by atoms with Crippen molar-refractivity contribution in [2.45, 2.75) is 32.2 Å². The van der Waals surface area contributed by atoms with Gasteiger partial charge in [0.2, 0.25) is 0 Å². The molecule has 2 nitrogen and oxygen atoms in total. The molecule has 1 aliphatic rings. The molecule has 15 heavy (non-hydrogen) atoms. The van der Waals surface area contributed by atoms with Crippen molar-refractivity contribution in [2.75, 3.05) is 17.2 Å². The Hall–Kier alpha value is -0.890. The maximum absolute atomic E-state index is 5.96. The van der Waals surface area contributed by atoms with Crippen LogP contribution in [-0.2, 0) is 0 Å². The van der Waals surface area contributed by atoms with E-state index in [0.717, 1.165) is 22.9 Å². The fraction of sp³-hybridized carbons (Fsp3) is 0.500. The average Bonchev–Trinajstić information content (AvgIpc) is 2.25. The number of unbranched alkanes of at least 4 members (excludes halogenated alkanes) is 1. The molecule has 2 N–H and O–H groups in total. The molecular weight excluding hydrogens is 208 g/mol. The van der Waals surface area contributed by atoms with Crippen LogP contribution in [0.3, 0.4) is 0 Å². The Balaban J connectivity index is 2.05. The summed E-state index contributed by atoms with van der Waals surface area (Å²) in [4.78, 5) is 0. The summed E-state index contributed by atoms with van der Waals surface area (Å²) >= 11 is 5.96. The zero-order valence-electron chi connectivity index (χ0n) is 9.02. The lowest BCUT2D eigenvalue weighted by Crippen LogP contribution is -2.32. The minimum absolute atomic E-state index is 0.538. The van der Waals surface area contributed by atoms with Gasteiger partial charge in [-0.2, -0.15) is 0 Å². The van der Waals surface area contributed by atoms with Gasteiger partial charge in [0, 0.05) is 17.6 Å². The zero-order valence-corrected chi connectivity index (χ0v) is 9.77. The lowest BCUT2D eigenvalue weighted by atomic mass is 10.1. The molecule has 0 bridgehead atoms. The first-order valence-corrected chi connectivity index (χ1v) is 5.97. The van der Waals surface area contributed by atoms with Crippen LogP contribution in [0.2, 0.25) is 5.02 Å². The van der Waals surface area contributed by atoms with Gasteiger partial charge in [0.15, 0.2) is 0 Å². The third-order valence-corrected chi connectivity index (χ3v) is 3.02. The molecule has 1 aliphatic heterocycles. The summed E-state index contributed by atoms with van der Waals surface area (Å²) in [7, 11) is 0. The SMILES string of the molecule is CCCCC1CNc2ccc(Cl)cc2N1. The van der Waals surface area contributed by atoms with Crippen molar-refractivity contribution in [3.8, 4) is 0 Å². The summed E-state index contributed by atoms with van der Waals surface area (Å²) in [5.74, 6) is 0. The fourth-order valence-electron chi connectivity index (χ4n) is 1.92. The quantitative estimate of drug-likeness (QED) is 0.818. The van der Waals surface area contributed by atoms with E-state index in [1.54, 1.807) is 0 Å². The van der Waals surface area contributed by atoms with Crippen molar-refractivity contribution < 1.29 is 0 Å². The van der Waals surface area contributed by atoms with Crippen molar-refractivity contribution in [3.05, 3.63) is 23.2 Å². The van der Waals surface area contributed by atoms with E-state index in [-0.39, 0.29) is 0 Å². The monoisotopic (exact) mass is 224 g/mol. The number of rotatable bonds is 3. The maximum Gasteiger partial charge on any atom is 0.0593 e. The minimum atomic E-state index is 0.538.